The van der Waals surface area contributed by atoms with E-state index in [1.165, 1.54) is 18.3 Å². The maximum Gasteiger partial charge on any atom is 0.290 e. The van der Waals surface area contributed by atoms with Gasteiger partial charge < -0.3 is 5.11 Å². The fourth-order valence-electron chi connectivity index (χ4n) is 1.24. The van der Waals surface area contributed by atoms with Crippen molar-refractivity contribution in [1.29, 1.82) is 0 Å². The predicted octanol–water partition coefficient (Wildman–Crippen LogP) is 1.94. The highest BCUT2D eigenvalue weighted by Crippen LogP contribution is 2.25. The second kappa shape index (κ2) is 4.57. The Hall–Kier alpha value is -1.49. The van der Waals surface area contributed by atoms with E-state index in [0.717, 1.165) is 0 Å². The molecule has 0 amide bonds. The van der Waals surface area contributed by atoms with Crippen molar-refractivity contribution < 1.29 is 10.0 Å². The Kier molecular flexibility index (Phi) is 3.59. The number of hydrogen-bond donors (Lipinski definition) is 1. The van der Waals surface area contributed by atoms with Crippen molar-refractivity contribution in [3.63, 3.8) is 0 Å². The largest absolute Gasteiger partial charge is 0.392 e. The van der Waals surface area contributed by atoms with Crippen LogP contribution in [0, 0.1) is 15.5 Å². The average Bonchev–Trinajstić information content (AvgIpc) is 2.16. The van der Waals surface area contributed by atoms with E-state index in [2.05, 4.69) is 4.98 Å². The van der Waals surface area contributed by atoms with Gasteiger partial charge in [0.05, 0.1) is 11.0 Å². The Morgan fingerprint density at radius 3 is 2.69 bits per heavy atom. The monoisotopic (exact) mass is 224 g/mol. The highest BCUT2D eigenvalue weighted by Gasteiger charge is 2.26. The maximum absolute atomic E-state index is 10.7. The Labute approximate surface area is 94.3 Å². The van der Waals surface area contributed by atoms with Crippen LogP contribution in [0.3, 0.4) is 0 Å². The normalized spacial score (nSPS) is 13.5. The van der Waals surface area contributed by atoms with Crippen LogP contribution < -0.4 is 0 Å². The number of rotatable bonds is 3. The molecule has 0 bridgehead atoms. The van der Waals surface area contributed by atoms with E-state index >= 15 is 0 Å². The van der Waals surface area contributed by atoms with Gasteiger partial charge in [-0.1, -0.05) is 20.8 Å². The van der Waals surface area contributed by atoms with E-state index in [1.807, 2.05) is 20.8 Å². The summed E-state index contributed by atoms with van der Waals surface area (Å²) in [4.78, 5) is 14.2. The molecule has 1 atom stereocenters. The summed E-state index contributed by atoms with van der Waals surface area (Å²) >= 11 is 0. The first-order valence-corrected chi connectivity index (χ1v) is 5.08. The summed E-state index contributed by atoms with van der Waals surface area (Å²) in [7, 11) is 0. The highest BCUT2D eigenvalue weighted by atomic mass is 16.6. The lowest BCUT2D eigenvalue weighted by molar-refractivity contribution is -0.386. The number of hydrogen-bond acceptors (Lipinski definition) is 4. The summed E-state index contributed by atoms with van der Waals surface area (Å²) in [5, 5.41) is 20.6. The molecule has 88 valence electrons. The van der Waals surface area contributed by atoms with Crippen LogP contribution in [0.25, 0.3) is 0 Å². The van der Waals surface area contributed by atoms with Gasteiger partial charge in [0, 0.05) is 18.7 Å². The van der Waals surface area contributed by atoms with Crippen molar-refractivity contribution in [2.45, 2.75) is 33.3 Å². The molecule has 0 radical (unpaired) electrons. The van der Waals surface area contributed by atoms with Crippen molar-refractivity contribution in [3.8, 4) is 0 Å². The fraction of sp³-hybridized carbons (Fsp3) is 0.545. The van der Waals surface area contributed by atoms with Crippen molar-refractivity contribution in [3.05, 3.63) is 34.1 Å². The van der Waals surface area contributed by atoms with Crippen LogP contribution in [-0.4, -0.2) is 21.1 Å². The van der Waals surface area contributed by atoms with Crippen LogP contribution in [-0.2, 0) is 6.42 Å². The predicted molar refractivity (Wildman–Crippen MR) is 60.1 cm³/mol. The third-order valence-corrected chi connectivity index (χ3v) is 2.45. The zero-order chi connectivity index (χ0) is 12.3. The molecule has 0 spiro atoms. The Bertz CT molecular complexity index is 385. The molecule has 0 aliphatic heterocycles. The van der Waals surface area contributed by atoms with E-state index in [0.29, 0.717) is 5.69 Å². The van der Waals surface area contributed by atoms with Gasteiger partial charge in [-0.05, 0) is 11.5 Å². The molecule has 1 aromatic rings. The van der Waals surface area contributed by atoms with Gasteiger partial charge in [-0.2, -0.15) is 0 Å². The van der Waals surface area contributed by atoms with Gasteiger partial charge in [-0.3, -0.25) is 15.1 Å². The smallest absolute Gasteiger partial charge is 0.290 e. The van der Waals surface area contributed by atoms with Crippen molar-refractivity contribution >= 4 is 5.69 Å². The van der Waals surface area contributed by atoms with Gasteiger partial charge in [0.1, 0.15) is 5.69 Å². The maximum atomic E-state index is 10.7. The fourth-order valence-corrected chi connectivity index (χ4v) is 1.24. The molecule has 5 heteroatoms. The second-order valence-corrected chi connectivity index (χ2v) is 4.81. The standard InChI is InChI=1S/C11H16N2O3/c1-11(2,3)10(14)7-8-9(13(15)16)5-4-6-12-8/h4-6,10,14H,7H2,1-3H3. The first-order chi connectivity index (χ1) is 7.32. The van der Waals surface area contributed by atoms with Gasteiger partial charge in [0.15, 0.2) is 0 Å². The van der Waals surface area contributed by atoms with Gasteiger partial charge in [0.2, 0.25) is 0 Å². The Balaban J connectivity index is 2.93. The summed E-state index contributed by atoms with van der Waals surface area (Å²) in [6, 6.07) is 2.92. The molecule has 0 fully saturated rings. The molecule has 0 aliphatic rings. The Morgan fingerprint density at radius 2 is 2.19 bits per heavy atom. The third-order valence-electron chi connectivity index (χ3n) is 2.45. The second-order valence-electron chi connectivity index (χ2n) is 4.81. The molecule has 0 saturated heterocycles. The van der Waals surface area contributed by atoms with Gasteiger partial charge in [0.25, 0.3) is 5.69 Å². The summed E-state index contributed by atoms with van der Waals surface area (Å²) in [5.74, 6) is 0. The van der Waals surface area contributed by atoms with Crippen LogP contribution in [0.15, 0.2) is 18.3 Å². The highest BCUT2D eigenvalue weighted by molar-refractivity contribution is 5.34. The van der Waals surface area contributed by atoms with Crippen LogP contribution >= 0.6 is 0 Å². The topological polar surface area (TPSA) is 76.3 Å². The van der Waals surface area contributed by atoms with Crippen LogP contribution in [0.2, 0.25) is 0 Å². The lowest BCUT2D eigenvalue weighted by atomic mass is 9.86. The molecule has 16 heavy (non-hydrogen) atoms. The molecule has 1 N–H and O–H groups in total. The third kappa shape index (κ3) is 3.00. The number of aromatic nitrogens is 1. The first kappa shape index (κ1) is 12.6. The van der Waals surface area contributed by atoms with Crippen molar-refractivity contribution in [2.24, 2.45) is 5.41 Å². The summed E-state index contributed by atoms with van der Waals surface area (Å²) in [5.41, 5.74) is -0.0218. The minimum atomic E-state index is -0.652. The SMILES string of the molecule is CC(C)(C)C(O)Cc1ncccc1[N+](=O)[O-]. The zero-order valence-electron chi connectivity index (χ0n) is 9.67. The molecule has 0 aliphatic carbocycles. The number of aliphatic hydroxyl groups is 1. The molecule has 5 nitrogen and oxygen atoms in total. The van der Waals surface area contributed by atoms with E-state index in [-0.39, 0.29) is 17.5 Å². The molecule has 0 aromatic carbocycles. The molecular formula is C11H16N2O3. The van der Waals surface area contributed by atoms with E-state index < -0.39 is 11.0 Å². The minimum Gasteiger partial charge on any atom is -0.392 e. The molecule has 1 rings (SSSR count). The minimum absolute atomic E-state index is 0.0363. The number of pyridine rings is 1. The van der Waals surface area contributed by atoms with Crippen LogP contribution in [0.1, 0.15) is 26.5 Å². The van der Waals surface area contributed by atoms with Crippen LogP contribution in [0.5, 0.6) is 0 Å². The zero-order valence-corrected chi connectivity index (χ0v) is 9.67. The molecule has 1 aromatic heterocycles. The van der Waals surface area contributed by atoms with Gasteiger partial charge in [-0.25, -0.2) is 0 Å². The average molecular weight is 224 g/mol. The summed E-state index contributed by atoms with van der Waals surface area (Å²) < 4.78 is 0. The van der Waals surface area contributed by atoms with E-state index in [4.69, 9.17) is 0 Å². The lowest BCUT2D eigenvalue weighted by Gasteiger charge is -2.25. The van der Waals surface area contributed by atoms with Crippen molar-refractivity contribution in [2.75, 3.05) is 0 Å². The summed E-state index contributed by atoms with van der Waals surface area (Å²) in [6.45, 7) is 5.64. The molecule has 1 unspecified atom stereocenters. The lowest BCUT2D eigenvalue weighted by Crippen LogP contribution is -2.28. The quantitative estimate of drug-likeness (QED) is 0.628. The number of aliphatic hydroxyl groups excluding tert-OH is 1. The van der Waals surface area contributed by atoms with E-state index in [9.17, 15) is 15.2 Å². The van der Waals surface area contributed by atoms with Crippen molar-refractivity contribution in [1.82, 2.24) is 4.98 Å². The first-order valence-electron chi connectivity index (χ1n) is 5.08. The number of nitro groups is 1. The van der Waals surface area contributed by atoms with Crippen LogP contribution in [0.4, 0.5) is 5.69 Å². The van der Waals surface area contributed by atoms with E-state index in [1.54, 1.807) is 0 Å². The van der Waals surface area contributed by atoms with Gasteiger partial charge >= 0.3 is 0 Å². The molecule has 0 saturated carbocycles. The van der Waals surface area contributed by atoms with Gasteiger partial charge in [-0.15, -0.1) is 0 Å². The number of nitrogens with zero attached hydrogens (tertiary/aromatic N) is 2. The molecule has 1 heterocycles. The molecular weight excluding hydrogens is 208 g/mol. The summed E-state index contributed by atoms with van der Waals surface area (Å²) in [6.07, 6.45) is 1.04. The Morgan fingerprint density at radius 1 is 1.56 bits per heavy atom.